The number of H-pyrrole nitrogens is 1. The third-order valence-corrected chi connectivity index (χ3v) is 4.67. The zero-order valence-electron chi connectivity index (χ0n) is 14.7. The molecule has 0 spiro atoms. The van der Waals surface area contributed by atoms with Gasteiger partial charge in [0.25, 0.3) is 5.56 Å². The van der Waals surface area contributed by atoms with Gasteiger partial charge in [0.1, 0.15) is 12.3 Å². The number of hydrogen-bond donors (Lipinski definition) is 2. The minimum atomic E-state index is -0.609. The lowest BCUT2D eigenvalue weighted by Gasteiger charge is -2.15. The first-order chi connectivity index (χ1) is 13.2. The molecule has 4 rings (SSSR count). The summed E-state index contributed by atoms with van der Waals surface area (Å²) < 4.78 is 10.5. The van der Waals surface area contributed by atoms with Gasteiger partial charge >= 0.3 is 6.09 Å². The number of ether oxygens (including phenoxy) is 2. The summed E-state index contributed by atoms with van der Waals surface area (Å²) in [5.74, 6) is 0.164. The second kappa shape index (κ2) is 6.99. The molecule has 27 heavy (non-hydrogen) atoms. The average Bonchev–Trinajstić information content (AvgIpc) is 3.01. The number of aromatic nitrogens is 1. The van der Waals surface area contributed by atoms with Crippen molar-refractivity contribution in [3.63, 3.8) is 0 Å². The van der Waals surface area contributed by atoms with Crippen molar-refractivity contribution in [3.8, 4) is 17.0 Å². The number of aromatic amines is 1. The predicted octanol–water partition coefficient (Wildman–Crippen LogP) is 3.74. The van der Waals surface area contributed by atoms with Gasteiger partial charge in [-0.3, -0.25) is 15.1 Å². The number of carbonyl (C=O) groups excluding carboxylic acids is 1. The summed E-state index contributed by atoms with van der Waals surface area (Å²) in [7, 11) is 1.41. The number of methoxy groups -OCH3 is 1. The second-order valence-corrected chi connectivity index (χ2v) is 6.22. The van der Waals surface area contributed by atoms with Crippen molar-refractivity contribution in [1.82, 2.24) is 4.98 Å². The number of nitrogens with one attached hydrogen (secondary N) is 2. The summed E-state index contributed by atoms with van der Waals surface area (Å²) in [6.45, 7) is 0.214. The number of amides is 1. The summed E-state index contributed by atoms with van der Waals surface area (Å²) in [5.41, 5.74) is 4.66. The molecule has 1 aliphatic carbocycles. The molecule has 0 saturated carbocycles. The van der Waals surface area contributed by atoms with Crippen LogP contribution in [0.3, 0.4) is 0 Å². The monoisotopic (exact) mass is 362 g/mol. The Labute approximate surface area is 155 Å². The van der Waals surface area contributed by atoms with E-state index in [0.29, 0.717) is 5.69 Å². The molecule has 6 nitrogen and oxygen atoms in total. The van der Waals surface area contributed by atoms with E-state index in [1.165, 1.54) is 30.4 Å². The largest absolute Gasteiger partial charge is 0.481 e. The first kappa shape index (κ1) is 16.9. The summed E-state index contributed by atoms with van der Waals surface area (Å²) in [4.78, 5) is 26.1. The topological polar surface area (TPSA) is 80.4 Å². The summed E-state index contributed by atoms with van der Waals surface area (Å²) in [6.07, 6.45) is -0.609. The Hall–Kier alpha value is -3.54. The van der Waals surface area contributed by atoms with Crippen LogP contribution in [0.4, 0.5) is 10.5 Å². The Morgan fingerprint density at radius 1 is 1.00 bits per heavy atom. The molecular formula is C21H18N2O4. The number of carbonyl (C=O) groups is 1. The van der Waals surface area contributed by atoms with Crippen LogP contribution in [0.25, 0.3) is 11.1 Å². The fourth-order valence-electron chi connectivity index (χ4n) is 3.46. The third-order valence-electron chi connectivity index (χ3n) is 4.67. The fraction of sp³-hybridized carbons (Fsp3) is 0.143. The predicted molar refractivity (Wildman–Crippen MR) is 102 cm³/mol. The Bertz CT molecular complexity index is 1010. The van der Waals surface area contributed by atoms with E-state index in [9.17, 15) is 9.59 Å². The van der Waals surface area contributed by atoms with Crippen LogP contribution in [0.1, 0.15) is 17.0 Å². The standard InChI is InChI=1S/C21H18N2O4/c1-26-20-18(10-11-19(24)23-20)22-21(25)27-12-17-15-8-4-2-6-13(15)14-7-3-5-9-16(14)17/h2-11,17H,12H2,1H3,(H,22,25)(H,23,24). The van der Waals surface area contributed by atoms with Gasteiger partial charge in [-0.05, 0) is 28.3 Å². The molecule has 0 aliphatic heterocycles. The molecule has 2 aromatic carbocycles. The molecule has 0 saturated heterocycles. The summed E-state index contributed by atoms with van der Waals surface area (Å²) in [5, 5.41) is 2.60. The maximum absolute atomic E-state index is 12.3. The lowest BCUT2D eigenvalue weighted by Crippen LogP contribution is -2.19. The van der Waals surface area contributed by atoms with Crippen LogP contribution >= 0.6 is 0 Å². The number of hydrogen-bond acceptors (Lipinski definition) is 4. The van der Waals surface area contributed by atoms with Crippen LogP contribution in [0.5, 0.6) is 5.88 Å². The highest BCUT2D eigenvalue weighted by atomic mass is 16.5. The van der Waals surface area contributed by atoms with Crippen LogP contribution in [-0.4, -0.2) is 24.8 Å². The van der Waals surface area contributed by atoms with Crippen molar-refractivity contribution in [2.24, 2.45) is 0 Å². The highest BCUT2D eigenvalue weighted by Crippen LogP contribution is 2.44. The zero-order valence-corrected chi connectivity index (χ0v) is 14.7. The first-order valence-electron chi connectivity index (χ1n) is 8.56. The van der Waals surface area contributed by atoms with Crippen LogP contribution in [0.15, 0.2) is 65.5 Å². The molecule has 3 aromatic rings. The Morgan fingerprint density at radius 2 is 1.63 bits per heavy atom. The average molecular weight is 362 g/mol. The molecule has 1 aliphatic rings. The van der Waals surface area contributed by atoms with Crippen LogP contribution in [0, 0.1) is 0 Å². The third kappa shape index (κ3) is 3.17. The maximum atomic E-state index is 12.3. The van der Waals surface area contributed by atoms with Crippen LogP contribution in [-0.2, 0) is 4.74 Å². The normalized spacial score (nSPS) is 12.2. The number of benzene rings is 2. The summed E-state index contributed by atoms with van der Waals surface area (Å²) in [6, 6.07) is 19.1. The van der Waals surface area contributed by atoms with Crippen molar-refractivity contribution < 1.29 is 14.3 Å². The van der Waals surface area contributed by atoms with Gasteiger partial charge < -0.3 is 9.47 Å². The lowest BCUT2D eigenvalue weighted by atomic mass is 9.98. The number of anilines is 1. The Balaban J connectivity index is 1.51. The lowest BCUT2D eigenvalue weighted by molar-refractivity contribution is 0.158. The van der Waals surface area contributed by atoms with E-state index in [0.717, 1.165) is 11.1 Å². The van der Waals surface area contributed by atoms with Crippen molar-refractivity contribution in [3.05, 3.63) is 82.1 Å². The van der Waals surface area contributed by atoms with Gasteiger partial charge in [0, 0.05) is 12.0 Å². The molecule has 0 bridgehead atoms. The van der Waals surface area contributed by atoms with Gasteiger partial charge in [0.2, 0.25) is 5.88 Å². The van der Waals surface area contributed by atoms with E-state index in [1.54, 1.807) is 0 Å². The minimum absolute atomic E-state index is 0.0133. The van der Waals surface area contributed by atoms with E-state index < -0.39 is 6.09 Å². The summed E-state index contributed by atoms with van der Waals surface area (Å²) >= 11 is 0. The van der Waals surface area contributed by atoms with Gasteiger partial charge in [-0.25, -0.2) is 4.79 Å². The highest BCUT2D eigenvalue weighted by Gasteiger charge is 2.29. The Kier molecular flexibility index (Phi) is 4.38. The van der Waals surface area contributed by atoms with Crippen LogP contribution in [0.2, 0.25) is 0 Å². The molecule has 2 N–H and O–H groups in total. The van der Waals surface area contributed by atoms with Crippen molar-refractivity contribution in [2.45, 2.75) is 5.92 Å². The molecule has 1 aromatic heterocycles. The number of rotatable bonds is 4. The minimum Gasteiger partial charge on any atom is -0.481 e. The highest BCUT2D eigenvalue weighted by molar-refractivity contribution is 5.86. The SMILES string of the molecule is COc1[nH]c(=O)ccc1NC(=O)OCC1c2ccccc2-c2ccccc21. The van der Waals surface area contributed by atoms with Gasteiger partial charge in [0.15, 0.2) is 0 Å². The van der Waals surface area contributed by atoms with E-state index in [1.807, 2.05) is 24.3 Å². The molecular weight excluding hydrogens is 344 g/mol. The van der Waals surface area contributed by atoms with E-state index in [4.69, 9.17) is 9.47 Å². The van der Waals surface area contributed by atoms with Gasteiger partial charge in [-0.15, -0.1) is 0 Å². The second-order valence-electron chi connectivity index (χ2n) is 6.22. The first-order valence-corrected chi connectivity index (χ1v) is 8.56. The molecule has 1 heterocycles. The molecule has 0 unspecified atom stereocenters. The van der Waals surface area contributed by atoms with Crippen molar-refractivity contribution in [2.75, 3.05) is 19.0 Å². The molecule has 1 amide bonds. The molecule has 0 radical (unpaired) electrons. The van der Waals surface area contributed by atoms with E-state index in [2.05, 4.69) is 34.6 Å². The zero-order chi connectivity index (χ0) is 18.8. The van der Waals surface area contributed by atoms with E-state index >= 15 is 0 Å². The maximum Gasteiger partial charge on any atom is 0.411 e. The van der Waals surface area contributed by atoms with Crippen LogP contribution < -0.4 is 15.6 Å². The van der Waals surface area contributed by atoms with Crippen molar-refractivity contribution in [1.29, 1.82) is 0 Å². The van der Waals surface area contributed by atoms with Gasteiger partial charge in [-0.2, -0.15) is 0 Å². The quantitative estimate of drug-likeness (QED) is 0.741. The van der Waals surface area contributed by atoms with Gasteiger partial charge in [-0.1, -0.05) is 48.5 Å². The molecule has 6 heteroatoms. The smallest absolute Gasteiger partial charge is 0.411 e. The van der Waals surface area contributed by atoms with Crippen molar-refractivity contribution >= 4 is 11.8 Å². The Morgan fingerprint density at radius 3 is 2.26 bits per heavy atom. The van der Waals surface area contributed by atoms with Gasteiger partial charge in [0.05, 0.1) is 7.11 Å². The number of fused-ring (bicyclic) bond motifs is 3. The molecule has 0 atom stereocenters. The molecule has 0 fully saturated rings. The fourth-order valence-corrected chi connectivity index (χ4v) is 3.46. The number of pyridine rings is 1. The molecule has 136 valence electrons. The van der Waals surface area contributed by atoms with E-state index in [-0.39, 0.29) is 24.0 Å².